The number of imidazole rings is 1. The van der Waals surface area contributed by atoms with E-state index in [1.165, 1.54) is 0 Å². The van der Waals surface area contributed by atoms with Crippen molar-refractivity contribution in [2.75, 3.05) is 0 Å². The van der Waals surface area contributed by atoms with Gasteiger partial charge in [0.2, 0.25) is 0 Å². The SMILES string of the molecule is NCc1[nH]c(-c2ccco2)nc1Cl. The molecule has 0 bridgehead atoms. The monoisotopic (exact) mass is 197 g/mol. The second kappa shape index (κ2) is 3.24. The molecule has 0 aliphatic carbocycles. The fraction of sp³-hybridized carbons (Fsp3) is 0.125. The largest absolute Gasteiger partial charge is 0.461 e. The summed E-state index contributed by atoms with van der Waals surface area (Å²) in [7, 11) is 0. The molecule has 0 aliphatic heterocycles. The Bertz CT molecular complexity index is 393. The number of rotatable bonds is 2. The molecule has 0 radical (unpaired) electrons. The molecule has 0 amide bonds. The molecule has 0 atom stereocenters. The van der Waals surface area contributed by atoms with Gasteiger partial charge in [-0.2, -0.15) is 0 Å². The van der Waals surface area contributed by atoms with E-state index in [2.05, 4.69) is 9.97 Å². The van der Waals surface area contributed by atoms with Crippen LogP contribution in [0.15, 0.2) is 22.8 Å². The van der Waals surface area contributed by atoms with E-state index in [1.807, 2.05) is 0 Å². The summed E-state index contributed by atoms with van der Waals surface area (Å²) in [5.74, 6) is 1.26. The van der Waals surface area contributed by atoms with Crippen molar-refractivity contribution >= 4 is 11.6 Å². The number of aromatic nitrogens is 2. The van der Waals surface area contributed by atoms with Gasteiger partial charge in [0.05, 0.1) is 12.0 Å². The van der Waals surface area contributed by atoms with Crippen LogP contribution in [-0.2, 0) is 6.54 Å². The number of nitrogens with two attached hydrogens (primary N) is 1. The van der Waals surface area contributed by atoms with Gasteiger partial charge in [0.15, 0.2) is 16.7 Å². The first-order valence-corrected chi connectivity index (χ1v) is 4.17. The zero-order chi connectivity index (χ0) is 9.26. The van der Waals surface area contributed by atoms with Crippen molar-refractivity contribution in [3.05, 3.63) is 29.2 Å². The average Bonchev–Trinajstić information content (AvgIpc) is 2.71. The summed E-state index contributed by atoms with van der Waals surface area (Å²) < 4.78 is 5.14. The minimum atomic E-state index is 0.340. The van der Waals surface area contributed by atoms with Crippen LogP contribution in [-0.4, -0.2) is 9.97 Å². The topological polar surface area (TPSA) is 67.8 Å². The maximum Gasteiger partial charge on any atom is 0.175 e. The third kappa shape index (κ3) is 1.46. The molecule has 4 nitrogen and oxygen atoms in total. The highest BCUT2D eigenvalue weighted by atomic mass is 35.5. The number of halogens is 1. The Morgan fingerprint density at radius 3 is 3.00 bits per heavy atom. The van der Waals surface area contributed by atoms with Crippen LogP contribution in [0, 0.1) is 0 Å². The number of aromatic amines is 1. The van der Waals surface area contributed by atoms with E-state index in [9.17, 15) is 0 Å². The second-order valence-electron chi connectivity index (χ2n) is 2.54. The number of nitrogens with one attached hydrogen (secondary N) is 1. The van der Waals surface area contributed by atoms with Crippen LogP contribution in [0.3, 0.4) is 0 Å². The summed E-state index contributed by atoms with van der Waals surface area (Å²) >= 11 is 5.80. The molecule has 2 heterocycles. The second-order valence-corrected chi connectivity index (χ2v) is 2.89. The molecule has 2 aromatic heterocycles. The number of hydrogen-bond acceptors (Lipinski definition) is 3. The number of nitrogens with zero attached hydrogens (tertiary/aromatic N) is 1. The van der Waals surface area contributed by atoms with E-state index >= 15 is 0 Å². The van der Waals surface area contributed by atoms with E-state index in [-0.39, 0.29) is 0 Å². The number of H-pyrrole nitrogens is 1. The lowest BCUT2D eigenvalue weighted by Crippen LogP contribution is -1.96. The van der Waals surface area contributed by atoms with Crippen molar-refractivity contribution in [1.82, 2.24) is 9.97 Å². The summed E-state index contributed by atoms with van der Waals surface area (Å²) in [5.41, 5.74) is 6.15. The minimum Gasteiger partial charge on any atom is -0.461 e. The van der Waals surface area contributed by atoms with E-state index < -0.39 is 0 Å². The minimum absolute atomic E-state index is 0.340. The predicted octanol–water partition coefficient (Wildman–Crippen LogP) is 1.78. The van der Waals surface area contributed by atoms with E-state index in [0.29, 0.717) is 29.0 Å². The molecule has 0 unspecified atom stereocenters. The van der Waals surface area contributed by atoms with Crippen molar-refractivity contribution in [2.45, 2.75) is 6.54 Å². The van der Waals surface area contributed by atoms with Gasteiger partial charge in [0.25, 0.3) is 0 Å². The highest BCUT2D eigenvalue weighted by Gasteiger charge is 2.09. The van der Waals surface area contributed by atoms with Crippen molar-refractivity contribution in [1.29, 1.82) is 0 Å². The van der Waals surface area contributed by atoms with Gasteiger partial charge in [0.1, 0.15) is 0 Å². The molecule has 2 rings (SSSR count). The Morgan fingerprint density at radius 2 is 2.46 bits per heavy atom. The van der Waals surface area contributed by atoms with E-state index in [1.54, 1.807) is 18.4 Å². The molecule has 0 saturated carbocycles. The molecule has 13 heavy (non-hydrogen) atoms. The fourth-order valence-electron chi connectivity index (χ4n) is 1.05. The van der Waals surface area contributed by atoms with Crippen molar-refractivity contribution in [2.24, 2.45) is 5.73 Å². The van der Waals surface area contributed by atoms with Crippen LogP contribution < -0.4 is 5.73 Å². The third-order valence-electron chi connectivity index (χ3n) is 1.69. The quantitative estimate of drug-likeness (QED) is 0.771. The van der Waals surface area contributed by atoms with Gasteiger partial charge in [-0.05, 0) is 12.1 Å². The first-order valence-electron chi connectivity index (χ1n) is 3.79. The van der Waals surface area contributed by atoms with Gasteiger partial charge in [-0.3, -0.25) is 0 Å². The Labute approximate surface area is 79.7 Å². The van der Waals surface area contributed by atoms with Gasteiger partial charge < -0.3 is 15.1 Å². The van der Waals surface area contributed by atoms with Crippen LogP contribution in [0.5, 0.6) is 0 Å². The Kier molecular flexibility index (Phi) is 2.08. The molecule has 3 N–H and O–H groups in total. The van der Waals surface area contributed by atoms with Crippen LogP contribution in [0.2, 0.25) is 5.15 Å². The van der Waals surface area contributed by atoms with Gasteiger partial charge in [0, 0.05) is 6.54 Å². The summed E-state index contributed by atoms with van der Waals surface area (Å²) in [6, 6.07) is 3.59. The van der Waals surface area contributed by atoms with Gasteiger partial charge >= 0.3 is 0 Å². The molecule has 0 fully saturated rings. The molecule has 0 spiro atoms. The van der Waals surface area contributed by atoms with Crippen LogP contribution in [0.25, 0.3) is 11.6 Å². The summed E-state index contributed by atoms with van der Waals surface area (Å²) in [4.78, 5) is 7.03. The lowest BCUT2D eigenvalue weighted by atomic mass is 10.4. The highest BCUT2D eigenvalue weighted by molar-refractivity contribution is 6.30. The van der Waals surface area contributed by atoms with Gasteiger partial charge in [-0.25, -0.2) is 4.98 Å². The molecule has 68 valence electrons. The average molecular weight is 198 g/mol. The van der Waals surface area contributed by atoms with Crippen molar-refractivity contribution in [3.63, 3.8) is 0 Å². The smallest absolute Gasteiger partial charge is 0.175 e. The van der Waals surface area contributed by atoms with Crippen LogP contribution >= 0.6 is 11.6 Å². The van der Waals surface area contributed by atoms with Gasteiger partial charge in [-0.15, -0.1) is 0 Å². The first kappa shape index (κ1) is 8.34. The third-order valence-corrected chi connectivity index (χ3v) is 2.00. The Balaban J connectivity index is 2.43. The predicted molar refractivity (Wildman–Crippen MR) is 49.2 cm³/mol. The van der Waals surface area contributed by atoms with Crippen molar-refractivity contribution < 1.29 is 4.42 Å². The molecule has 5 heteroatoms. The maximum absolute atomic E-state index is 5.80. The van der Waals surface area contributed by atoms with Crippen LogP contribution in [0.1, 0.15) is 5.69 Å². The number of furan rings is 1. The fourth-order valence-corrected chi connectivity index (χ4v) is 1.26. The first-order chi connectivity index (χ1) is 6.31. The summed E-state index contributed by atoms with van der Waals surface area (Å²) in [6.07, 6.45) is 1.58. The number of hydrogen-bond donors (Lipinski definition) is 2. The Morgan fingerprint density at radius 1 is 1.62 bits per heavy atom. The van der Waals surface area contributed by atoms with Gasteiger partial charge in [-0.1, -0.05) is 11.6 Å². The maximum atomic E-state index is 5.80. The highest BCUT2D eigenvalue weighted by Crippen LogP contribution is 2.20. The zero-order valence-electron chi connectivity index (χ0n) is 6.75. The zero-order valence-corrected chi connectivity index (χ0v) is 7.51. The molecule has 0 aromatic carbocycles. The molecular formula is C8H8ClN3O. The van der Waals surface area contributed by atoms with Crippen molar-refractivity contribution in [3.8, 4) is 11.6 Å². The standard InChI is InChI=1S/C8H8ClN3O/c9-7-5(4-10)11-8(12-7)6-2-1-3-13-6/h1-3H,4,10H2,(H,11,12). The molecule has 0 saturated heterocycles. The van der Waals surface area contributed by atoms with E-state index in [4.69, 9.17) is 21.8 Å². The molecular weight excluding hydrogens is 190 g/mol. The van der Waals surface area contributed by atoms with Crippen LogP contribution in [0.4, 0.5) is 0 Å². The molecule has 2 aromatic rings. The lowest BCUT2D eigenvalue weighted by Gasteiger charge is -1.88. The summed E-state index contributed by atoms with van der Waals surface area (Å²) in [6.45, 7) is 0.340. The Hall–Kier alpha value is -1.26. The molecule has 0 aliphatic rings. The lowest BCUT2D eigenvalue weighted by molar-refractivity contribution is 0.578. The van der Waals surface area contributed by atoms with E-state index in [0.717, 1.165) is 0 Å². The summed E-state index contributed by atoms with van der Waals surface area (Å²) in [5, 5.41) is 0.397. The normalized spacial score (nSPS) is 10.6.